The van der Waals surface area contributed by atoms with Crippen LogP contribution in [0.25, 0.3) is 0 Å². The van der Waals surface area contributed by atoms with Crippen molar-refractivity contribution >= 4 is 20.1 Å². The van der Waals surface area contributed by atoms with Gasteiger partial charge in [-0.2, -0.15) is 0 Å². The van der Waals surface area contributed by atoms with Gasteiger partial charge in [0, 0.05) is 0 Å². The standard InChI is InChI=1S/C9H11NO2.2W/c1-4-8(10-6-3)9(5-2)12-7-11;;/h5,7H,1-3H3;;. The fourth-order valence-electron chi connectivity index (χ4n) is 0.777. The predicted octanol–water partition coefficient (Wildman–Crippen LogP) is 0.940. The number of carbonyl (C=O) groups excluding carboxylic acids is 1. The van der Waals surface area contributed by atoms with Crippen LogP contribution in [0.3, 0.4) is 0 Å². The second-order valence-electron chi connectivity index (χ2n) is 2.40. The van der Waals surface area contributed by atoms with E-state index in [4.69, 9.17) is 4.74 Å². The topological polar surface area (TPSA) is 38.7 Å². The van der Waals surface area contributed by atoms with Gasteiger partial charge in [-0.1, -0.05) is 0 Å². The molecule has 0 spiro atoms. The van der Waals surface area contributed by atoms with Crippen molar-refractivity contribution in [1.82, 2.24) is 0 Å². The van der Waals surface area contributed by atoms with Gasteiger partial charge in [-0.15, -0.1) is 0 Å². The molecule has 0 N–H and O–H groups in total. The maximum atomic E-state index is 10.3. The molecule has 0 aliphatic heterocycles. The summed E-state index contributed by atoms with van der Waals surface area (Å²) in [6.45, 7) is 6.18. The molecule has 14 heavy (non-hydrogen) atoms. The maximum absolute atomic E-state index is 10.3. The molecule has 0 unspecified atom stereocenters. The fraction of sp³-hybridized carbons (Fsp3) is 0.333. The van der Waals surface area contributed by atoms with Crippen LogP contribution in [-0.4, -0.2) is 20.1 Å². The van der Waals surface area contributed by atoms with Crippen LogP contribution in [0, 0.1) is 0 Å². The molecule has 0 aromatic rings. The Kier molecular flexibility index (Phi) is 7.31. The molecule has 0 aromatic heterocycles. The van der Waals surface area contributed by atoms with E-state index in [0.29, 0.717) is 12.2 Å². The van der Waals surface area contributed by atoms with Crippen LogP contribution in [-0.2, 0) is 48.2 Å². The summed E-state index contributed by atoms with van der Waals surface area (Å²) in [6, 6.07) is 0. The van der Waals surface area contributed by atoms with Crippen molar-refractivity contribution in [3.63, 3.8) is 0 Å². The molecule has 0 rings (SSSR count). The van der Waals surface area contributed by atoms with Crippen LogP contribution in [0.2, 0.25) is 0 Å². The Morgan fingerprint density at radius 2 is 1.93 bits per heavy atom. The first kappa shape index (κ1) is 14.0. The molecule has 0 saturated carbocycles. The Morgan fingerprint density at radius 1 is 1.36 bits per heavy atom. The molecular formula is C9H11NO2W2. The van der Waals surface area contributed by atoms with Gasteiger partial charge in [0.25, 0.3) is 0 Å². The summed E-state index contributed by atoms with van der Waals surface area (Å²) < 4.78 is 6.99. The van der Waals surface area contributed by atoms with E-state index in [1.165, 1.54) is 38.7 Å². The van der Waals surface area contributed by atoms with Crippen molar-refractivity contribution in [3.8, 4) is 0 Å². The Morgan fingerprint density at radius 3 is 2.21 bits per heavy atom. The second kappa shape index (κ2) is 7.31. The number of ether oxygens (including phenoxy) is 1. The quantitative estimate of drug-likeness (QED) is 0.300. The average molecular weight is 533 g/mol. The van der Waals surface area contributed by atoms with E-state index in [2.05, 4.69) is 4.99 Å². The molecule has 0 aromatic carbocycles. The van der Waals surface area contributed by atoms with E-state index >= 15 is 0 Å². The molecule has 0 aliphatic carbocycles. The normalized spacial score (nSPS) is 12.2. The SMILES string of the molecule is CC=C(OC=O)C(=N[C](C)=[W])[C](C)=[W]. The third-order valence-electron chi connectivity index (χ3n) is 1.27. The summed E-state index contributed by atoms with van der Waals surface area (Å²) in [4.78, 5) is 14.6. The average Bonchev–Trinajstić information content (AvgIpc) is 2.10. The van der Waals surface area contributed by atoms with Crippen molar-refractivity contribution in [2.24, 2.45) is 4.99 Å². The van der Waals surface area contributed by atoms with E-state index in [-0.39, 0.29) is 0 Å². The van der Waals surface area contributed by atoms with Gasteiger partial charge in [0.2, 0.25) is 0 Å². The van der Waals surface area contributed by atoms with E-state index in [1.54, 1.807) is 6.08 Å². The van der Waals surface area contributed by atoms with Crippen LogP contribution in [0.15, 0.2) is 16.8 Å². The van der Waals surface area contributed by atoms with Crippen LogP contribution in [0.1, 0.15) is 20.8 Å². The number of aliphatic imine (C=N–C) groups is 1. The minimum atomic E-state index is 0.432. The molecule has 0 radical (unpaired) electrons. The summed E-state index contributed by atoms with van der Waals surface area (Å²) in [5.41, 5.74) is 0.780. The first-order valence-corrected chi connectivity index (χ1v) is 6.83. The molecule has 0 fully saturated rings. The summed E-state index contributed by atoms with van der Waals surface area (Å²) >= 11 is 2.64. The van der Waals surface area contributed by atoms with Gasteiger partial charge >= 0.3 is 106 Å². The summed E-state index contributed by atoms with van der Waals surface area (Å²) in [7, 11) is 0. The Hall–Kier alpha value is -0.00338. The van der Waals surface area contributed by atoms with E-state index in [9.17, 15) is 4.79 Å². The Bertz CT molecular complexity index is 319. The molecule has 0 aliphatic rings. The van der Waals surface area contributed by atoms with Gasteiger partial charge in [-0.25, -0.2) is 0 Å². The van der Waals surface area contributed by atoms with Crippen molar-refractivity contribution in [2.45, 2.75) is 20.8 Å². The van der Waals surface area contributed by atoms with E-state index in [0.717, 1.165) is 13.6 Å². The zero-order valence-corrected chi connectivity index (χ0v) is 14.1. The number of allylic oxidation sites excluding steroid dienone is 2. The number of rotatable bonds is 5. The molecule has 0 amide bonds. The Balaban J connectivity index is 5.09. The number of nitrogens with zero attached hydrogens (tertiary/aromatic N) is 1. The van der Waals surface area contributed by atoms with Crippen LogP contribution < -0.4 is 0 Å². The van der Waals surface area contributed by atoms with Gasteiger partial charge in [-0.3, -0.25) is 0 Å². The monoisotopic (exact) mass is 533 g/mol. The molecule has 3 nitrogen and oxygen atoms in total. The molecular weight excluding hydrogens is 522 g/mol. The predicted molar refractivity (Wildman–Crippen MR) is 49.7 cm³/mol. The van der Waals surface area contributed by atoms with Gasteiger partial charge < -0.3 is 0 Å². The third kappa shape index (κ3) is 5.02. The minimum absolute atomic E-state index is 0.432. The van der Waals surface area contributed by atoms with Crippen LogP contribution in [0.4, 0.5) is 0 Å². The van der Waals surface area contributed by atoms with Gasteiger partial charge in [0.1, 0.15) is 0 Å². The second-order valence-corrected chi connectivity index (χ2v) is 6.73. The number of hydrogen-bond acceptors (Lipinski definition) is 3. The molecule has 5 heteroatoms. The summed E-state index contributed by atoms with van der Waals surface area (Å²) in [6.07, 6.45) is 1.75. The number of carbonyl (C=O) groups is 1. The van der Waals surface area contributed by atoms with Gasteiger partial charge in [0.15, 0.2) is 0 Å². The van der Waals surface area contributed by atoms with Gasteiger partial charge in [0.05, 0.1) is 0 Å². The first-order chi connectivity index (χ1) is 6.52. The zero-order valence-electron chi connectivity index (χ0n) is 8.23. The fourth-order valence-corrected chi connectivity index (χ4v) is 1.63. The molecule has 76 valence electrons. The Labute approximate surface area is 105 Å². The van der Waals surface area contributed by atoms with Crippen molar-refractivity contribution in [1.29, 1.82) is 0 Å². The van der Waals surface area contributed by atoms with Crippen molar-refractivity contribution in [2.75, 3.05) is 0 Å². The van der Waals surface area contributed by atoms with Crippen molar-refractivity contribution in [3.05, 3.63) is 11.8 Å². The van der Waals surface area contributed by atoms with Crippen LogP contribution in [0.5, 0.6) is 0 Å². The molecule has 0 heterocycles. The summed E-state index contributed by atoms with van der Waals surface area (Å²) in [5, 5.41) is 0. The molecule has 0 bridgehead atoms. The first-order valence-electron chi connectivity index (χ1n) is 3.90. The van der Waals surface area contributed by atoms with E-state index < -0.39 is 0 Å². The van der Waals surface area contributed by atoms with Crippen molar-refractivity contribution < 1.29 is 48.2 Å². The zero-order chi connectivity index (χ0) is 11.1. The summed E-state index contributed by atoms with van der Waals surface area (Å²) in [5.74, 6) is 0.535. The van der Waals surface area contributed by atoms with E-state index in [1.807, 2.05) is 20.8 Å². The molecule has 0 atom stereocenters. The van der Waals surface area contributed by atoms with Gasteiger partial charge in [-0.05, 0) is 0 Å². The number of hydrogen-bond donors (Lipinski definition) is 0. The molecule has 0 saturated heterocycles. The third-order valence-corrected chi connectivity index (χ3v) is 2.30. The van der Waals surface area contributed by atoms with Crippen LogP contribution >= 0.6 is 0 Å².